The van der Waals surface area contributed by atoms with Crippen LogP contribution in [0.4, 0.5) is 5.82 Å². The highest BCUT2D eigenvalue weighted by molar-refractivity contribution is 5.70. The van der Waals surface area contributed by atoms with Crippen molar-refractivity contribution in [1.29, 1.82) is 5.26 Å². The fraction of sp³-hybridized carbons (Fsp3) is 0.292. The van der Waals surface area contributed by atoms with E-state index in [0.29, 0.717) is 18.5 Å². The van der Waals surface area contributed by atoms with Crippen molar-refractivity contribution in [1.82, 2.24) is 9.97 Å². The molecule has 3 rings (SSSR count). The molecule has 0 saturated heterocycles. The highest BCUT2D eigenvalue weighted by Crippen LogP contribution is 2.26. The fourth-order valence-corrected chi connectivity index (χ4v) is 3.44. The van der Waals surface area contributed by atoms with Gasteiger partial charge in [-0.25, -0.2) is 9.97 Å². The third-order valence-corrected chi connectivity index (χ3v) is 4.79. The number of nitriles is 1. The second-order valence-electron chi connectivity index (χ2n) is 6.98. The van der Waals surface area contributed by atoms with Crippen LogP contribution in [-0.2, 0) is 12.8 Å². The second kappa shape index (κ2) is 9.81. The zero-order chi connectivity index (χ0) is 20.6. The maximum Gasteiger partial charge on any atom is 0.133 e. The van der Waals surface area contributed by atoms with Crippen molar-refractivity contribution in [2.24, 2.45) is 0 Å². The van der Waals surface area contributed by atoms with E-state index in [4.69, 9.17) is 0 Å². The number of hydrogen-bond acceptors (Lipinski definition) is 5. The van der Waals surface area contributed by atoms with Gasteiger partial charge in [-0.05, 0) is 36.1 Å². The minimum Gasteiger partial charge on any atom is -0.395 e. The third-order valence-electron chi connectivity index (χ3n) is 4.79. The number of anilines is 1. The fourth-order valence-electron chi connectivity index (χ4n) is 3.44. The maximum atomic E-state index is 9.35. The first-order valence-electron chi connectivity index (χ1n) is 9.95. The lowest BCUT2D eigenvalue weighted by Crippen LogP contribution is -2.13. The molecule has 5 nitrogen and oxygen atoms in total. The topological polar surface area (TPSA) is 81.8 Å². The van der Waals surface area contributed by atoms with Crippen molar-refractivity contribution in [3.05, 3.63) is 76.7 Å². The maximum absolute atomic E-state index is 9.35. The summed E-state index contributed by atoms with van der Waals surface area (Å²) >= 11 is 0. The Labute approximate surface area is 172 Å². The van der Waals surface area contributed by atoms with Crippen molar-refractivity contribution in [2.45, 2.75) is 33.1 Å². The average Bonchev–Trinajstić information content (AvgIpc) is 2.75. The van der Waals surface area contributed by atoms with Gasteiger partial charge in [0.25, 0.3) is 0 Å². The molecule has 29 heavy (non-hydrogen) atoms. The van der Waals surface area contributed by atoms with Crippen LogP contribution in [-0.4, -0.2) is 28.2 Å². The summed E-state index contributed by atoms with van der Waals surface area (Å²) in [5, 5.41) is 21.8. The van der Waals surface area contributed by atoms with E-state index in [0.717, 1.165) is 52.4 Å². The van der Waals surface area contributed by atoms with Gasteiger partial charge in [-0.15, -0.1) is 0 Å². The molecule has 0 aliphatic rings. The summed E-state index contributed by atoms with van der Waals surface area (Å²) in [6.07, 6.45) is 2.61. The Morgan fingerprint density at radius 1 is 1.07 bits per heavy atom. The predicted octanol–water partition coefficient (Wildman–Crippen LogP) is 4.27. The number of aromatic nitrogens is 2. The van der Waals surface area contributed by atoms with Crippen LogP contribution in [0.3, 0.4) is 0 Å². The van der Waals surface area contributed by atoms with Gasteiger partial charge in [0.1, 0.15) is 11.6 Å². The van der Waals surface area contributed by atoms with Crippen LogP contribution in [0.2, 0.25) is 0 Å². The molecular formula is C24H26N4O. The summed E-state index contributed by atoms with van der Waals surface area (Å²) in [4.78, 5) is 9.23. The van der Waals surface area contributed by atoms with E-state index in [2.05, 4.69) is 52.5 Å². The van der Waals surface area contributed by atoms with Gasteiger partial charge in [0.15, 0.2) is 0 Å². The minimum absolute atomic E-state index is 0.0542. The zero-order valence-corrected chi connectivity index (χ0v) is 16.9. The van der Waals surface area contributed by atoms with Crippen molar-refractivity contribution in [2.75, 3.05) is 18.5 Å². The standard InChI is InChI=1S/C24H26N4O/c1-3-6-23-22(24(26-13-14-29)28-17(2)27-23)15-18-9-11-19(12-10-18)21-8-5-4-7-20(21)16-25/h4-5,7-12,29H,3,6,13-15H2,1-2H3,(H,26,27,28). The number of nitrogens with zero attached hydrogens (tertiary/aromatic N) is 3. The van der Waals surface area contributed by atoms with E-state index in [1.165, 1.54) is 0 Å². The Hall–Kier alpha value is -3.23. The Morgan fingerprint density at radius 3 is 2.52 bits per heavy atom. The molecule has 0 aliphatic carbocycles. The number of rotatable bonds is 8. The largest absolute Gasteiger partial charge is 0.395 e. The lowest BCUT2D eigenvalue weighted by molar-refractivity contribution is 0.311. The van der Waals surface area contributed by atoms with Gasteiger partial charge >= 0.3 is 0 Å². The number of aliphatic hydroxyl groups is 1. The summed E-state index contributed by atoms with van der Waals surface area (Å²) in [6, 6.07) is 18.2. The molecule has 1 heterocycles. The molecule has 0 amide bonds. The van der Waals surface area contributed by atoms with Gasteiger partial charge in [-0.3, -0.25) is 0 Å². The minimum atomic E-state index is 0.0542. The van der Waals surface area contributed by atoms with Crippen molar-refractivity contribution in [3.63, 3.8) is 0 Å². The normalized spacial score (nSPS) is 10.6. The number of hydrogen-bond donors (Lipinski definition) is 2. The Balaban J connectivity index is 1.92. The number of benzene rings is 2. The van der Waals surface area contributed by atoms with E-state index in [1.807, 2.05) is 31.2 Å². The van der Waals surface area contributed by atoms with Crippen molar-refractivity contribution in [3.8, 4) is 17.2 Å². The smallest absolute Gasteiger partial charge is 0.133 e. The number of nitrogens with one attached hydrogen (secondary N) is 1. The van der Waals surface area contributed by atoms with E-state index >= 15 is 0 Å². The van der Waals surface area contributed by atoms with Gasteiger partial charge in [0, 0.05) is 24.2 Å². The molecule has 0 radical (unpaired) electrons. The predicted molar refractivity (Wildman–Crippen MR) is 116 cm³/mol. The molecule has 0 aliphatic heterocycles. The monoisotopic (exact) mass is 386 g/mol. The second-order valence-corrected chi connectivity index (χ2v) is 6.98. The van der Waals surface area contributed by atoms with E-state index in [9.17, 15) is 10.4 Å². The highest BCUT2D eigenvalue weighted by atomic mass is 16.3. The van der Waals surface area contributed by atoms with Crippen LogP contribution in [0.5, 0.6) is 0 Å². The van der Waals surface area contributed by atoms with Crippen LogP contribution < -0.4 is 5.32 Å². The van der Waals surface area contributed by atoms with Gasteiger partial charge in [-0.2, -0.15) is 5.26 Å². The molecule has 148 valence electrons. The molecule has 2 N–H and O–H groups in total. The number of aryl methyl sites for hydroxylation is 2. The first-order chi connectivity index (χ1) is 14.2. The van der Waals surface area contributed by atoms with Crippen molar-refractivity contribution >= 4 is 5.82 Å². The molecule has 5 heteroatoms. The van der Waals surface area contributed by atoms with Gasteiger partial charge < -0.3 is 10.4 Å². The van der Waals surface area contributed by atoms with Crippen molar-refractivity contribution < 1.29 is 5.11 Å². The Bertz CT molecular complexity index is 1010. The van der Waals surface area contributed by atoms with Crippen LogP contribution in [0, 0.1) is 18.3 Å². The van der Waals surface area contributed by atoms with Crippen LogP contribution in [0.1, 0.15) is 41.6 Å². The molecule has 1 aromatic heterocycles. The average molecular weight is 386 g/mol. The lowest BCUT2D eigenvalue weighted by Gasteiger charge is -2.16. The Morgan fingerprint density at radius 2 is 1.83 bits per heavy atom. The molecule has 0 bridgehead atoms. The molecule has 2 aromatic carbocycles. The molecular weight excluding hydrogens is 360 g/mol. The quantitative estimate of drug-likeness (QED) is 0.604. The molecule has 0 atom stereocenters. The molecule has 0 saturated carbocycles. The van der Waals surface area contributed by atoms with Crippen LogP contribution >= 0.6 is 0 Å². The first kappa shape index (κ1) is 20.5. The molecule has 0 spiro atoms. The summed E-state index contributed by atoms with van der Waals surface area (Å²) < 4.78 is 0. The van der Waals surface area contributed by atoms with E-state index < -0.39 is 0 Å². The van der Waals surface area contributed by atoms with Gasteiger partial charge in [-0.1, -0.05) is 55.8 Å². The molecule has 0 fully saturated rings. The third kappa shape index (κ3) is 4.98. The first-order valence-corrected chi connectivity index (χ1v) is 9.95. The van der Waals surface area contributed by atoms with Gasteiger partial charge in [0.2, 0.25) is 0 Å². The van der Waals surface area contributed by atoms with E-state index in [1.54, 1.807) is 0 Å². The molecule has 0 unspecified atom stereocenters. The SMILES string of the molecule is CCCc1nc(C)nc(NCCO)c1Cc1ccc(-c2ccccc2C#N)cc1. The number of aliphatic hydroxyl groups excluding tert-OH is 1. The summed E-state index contributed by atoms with van der Waals surface area (Å²) in [6.45, 7) is 4.55. The zero-order valence-electron chi connectivity index (χ0n) is 16.9. The molecule has 3 aromatic rings. The highest BCUT2D eigenvalue weighted by Gasteiger charge is 2.14. The summed E-state index contributed by atoms with van der Waals surface area (Å²) in [5.41, 5.74) is 5.93. The Kier molecular flexibility index (Phi) is 6.94. The van der Waals surface area contributed by atoms with E-state index in [-0.39, 0.29) is 6.61 Å². The lowest BCUT2D eigenvalue weighted by atomic mass is 9.96. The summed E-state index contributed by atoms with van der Waals surface area (Å²) in [5.74, 6) is 1.54. The summed E-state index contributed by atoms with van der Waals surface area (Å²) in [7, 11) is 0. The van der Waals surface area contributed by atoms with Crippen LogP contribution in [0.15, 0.2) is 48.5 Å². The van der Waals surface area contributed by atoms with Gasteiger partial charge in [0.05, 0.1) is 18.2 Å². The van der Waals surface area contributed by atoms with Crippen LogP contribution in [0.25, 0.3) is 11.1 Å².